The maximum atomic E-state index is 10.4. The van der Waals surface area contributed by atoms with Gasteiger partial charge < -0.3 is 5.11 Å². The first kappa shape index (κ1) is 12.5. The van der Waals surface area contributed by atoms with Crippen LogP contribution in [0.15, 0.2) is 11.7 Å². The topological polar surface area (TPSA) is 50.9 Å². The van der Waals surface area contributed by atoms with Gasteiger partial charge in [0.25, 0.3) is 0 Å². The number of aliphatic hydroxyl groups is 1. The van der Waals surface area contributed by atoms with Crippen LogP contribution in [-0.2, 0) is 0 Å². The summed E-state index contributed by atoms with van der Waals surface area (Å²) in [5.74, 6) is 0. The van der Waals surface area contributed by atoms with E-state index >= 15 is 0 Å². The average Bonchev–Trinajstić information content (AvgIpc) is 2.83. The van der Waals surface area contributed by atoms with Crippen molar-refractivity contribution in [2.45, 2.75) is 32.9 Å². The lowest BCUT2D eigenvalue weighted by molar-refractivity contribution is 0.208. The molecular weight excluding hydrogens is 258 g/mol. The lowest BCUT2D eigenvalue weighted by Gasteiger charge is -2.15. The smallest absolute Gasteiger partial charge is 0.133 e. The molecule has 2 aromatic heterocycles. The Morgan fingerprint density at radius 2 is 2.18 bits per heavy atom. The second kappa shape index (κ2) is 4.76. The van der Waals surface area contributed by atoms with Gasteiger partial charge in [0.15, 0.2) is 0 Å². The van der Waals surface area contributed by atoms with Gasteiger partial charge in [-0.2, -0.15) is 5.10 Å². The Kier molecular flexibility index (Phi) is 3.51. The van der Waals surface area contributed by atoms with Gasteiger partial charge in [-0.15, -0.1) is 11.3 Å². The summed E-state index contributed by atoms with van der Waals surface area (Å²) in [4.78, 5) is 4.95. The van der Waals surface area contributed by atoms with E-state index in [-0.39, 0.29) is 6.04 Å². The molecule has 92 valence electrons. The zero-order valence-electron chi connectivity index (χ0n) is 9.88. The maximum Gasteiger partial charge on any atom is 0.133 e. The first-order valence-corrected chi connectivity index (χ1v) is 6.59. The Labute approximate surface area is 109 Å². The van der Waals surface area contributed by atoms with Gasteiger partial charge in [-0.3, -0.25) is 4.68 Å². The number of aromatic nitrogens is 3. The van der Waals surface area contributed by atoms with Crippen LogP contribution in [0.1, 0.15) is 42.3 Å². The summed E-state index contributed by atoms with van der Waals surface area (Å²) in [5, 5.41) is 15.1. The summed E-state index contributed by atoms with van der Waals surface area (Å²) in [6.45, 7) is 5.87. The van der Waals surface area contributed by atoms with Crippen LogP contribution >= 0.6 is 22.9 Å². The van der Waals surface area contributed by atoms with E-state index in [9.17, 15) is 5.11 Å². The Morgan fingerprint density at radius 3 is 2.71 bits per heavy atom. The minimum absolute atomic E-state index is 0.153. The normalized spacial score (nSPS) is 13.3. The molecule has 2 rings (SSSR count). The highest BCUT2D eigenvalue weighted by Crippen LogP contribution is 2.33. The standard InChI is InChI=1S/C11H14ClN3OS/c1-6(2)15-9(8(12)4-14-15)10(16)11-7(3)13-5-17-11/h4-6,10,16H,1-3H3. The molecule has 17 heavy (non-hydrogen) atoms. The van der Waals surface area contributed by atoms with E-state index in [1.54, 1.807) is 16.4 Å². The first-order chi connectivity index (χ1) is 8.02. The van der Waals surface area contributed by atoms with Crippen LogP contribution in [0, 0.1) is 6.92 Å². The van der Waals surface area contributed by atoms with Crippen molar-refractivity contribution in [1.82, 2.24) is 14.8 Å². The number of hydrogen-bond donors (Lipinski definition) is 1. The predicted octanol–water partition coefficient (Wildman–Crippen LogP) is 2.96. The van der Waals surface area contributed by atoms with Gasteiger partial charge >= 0.3 is 0 Å². The lowest BCUT2D eigenvalue weighted by atomic mass is 10.2. The molecule has 2 aromatic rings. The van der Waals surface area contributed by atoms with E-state index < -0.39 is 6.10 Å². The minimum Gasteiger partial charge on any atom is -0.381 e. The Bertz CT molecular complexity index is 521. The zero-order valence-corrected chi connectivity index (χ0v) is 11.5. The minimum atomic E-state index is -0.764. The maximum absolute atomic E-state index is 10.4. The van der Waals surface area contributed by atoms with Crippen molar-refractivity contribution in [1.29, 1.82) is 0 Å². The van der Waals surface area contributed by atoms with Gasteiger partial charge in [-0.25, -0.2) is 4.98 Å². The molecule has 0 saturated carbocycles. The molecule has 6 heteroatoms. The Morgan fingerprint density at radius 1 is 1.47 bits per heavy atom. The highest BCUT2D eigenvalue weighted by Gasteiger charge is 2.23. The fraction of sp³-hybridized carbons (Fsp3) is 0.455. The van der Waals surface area contributed by atoms with E-state index in [1.807, 2.05) is 20.8 Å². The second-order valence-corrected chi connectivity index (χ2v) is 5.41. The molecule has 0 aliphatic heterocycles. The Balaban J connectivity index is 2.47. The van der Waals surface area contributed by atoms with Crippen LogP contribution in [0.4, 0.5) is 0 Å². The van der Waals surface area contributed by atoms with Crippen molar-refractivity contribution in [3.05, 3.63) is 33.0 Å². The SMILES string of the molecule is Cc1ncsc1C(O)c1c(Cl)cnn1C(C)C. The van der Waals surface area contributed by atoms with Crippen molar-refractivity contribution in [3.8, 4) is 0 Å². The van der Waals surface area contributed by atoms with Crippen LogP contribution in [0.2, 0.25) is 5.02 Å². The van der Waals surface area contributed by atoms with Gasteiger partial charge in [0.1, 0.15) is 6.10 Å². The number of thiazole rings is 1. The molecule has 4 nitrogen and oxygen atoms in total. The molecule has 0 spiro atoms. The van der Waals surface area contributed by atoms with Gasteiger partial charge in [-0.1, -0.05) is 11.6 Å². The van der Waals surface area contributed by atoms with Crippen LogP contribution in [0.25, 0.3) is 0 Å². The molecule has 0 saturated heterocycles. The third-order valence-corrected chi connectivity index (χ3v) is 3.84. The average molecular weight is 272 g/mol. The first-order valence-electron chi connectivity index (χ1n) is 5.33. The van der Waals surface area contributed by atoms with Crippen molar-refractivity contribution in [3.63, 3.8) is 0 Å². The van der Waals surface area contributed by atoms with E-state index in [0.717, 1.165) is 10.6 Å². The van der Waals surface area contributed by atoms with Crippen molar-refractivity contribution < 1.29 is 5.11 Å². The highest BCUT2D eigenvalue weighted by molar-refractivity contribution is 7.09. The summed E-state index contributed by atoms with van der Waals surface area (Å²) in [5.41, 5.74) is 3.18. The number of hydrogen-bond acceptors (Lipinski definition) is 4. The second-order valence-electron chi connectivity index (χ2n) is 4.12. The number of aliphatic hydroxyl groups excluding tert-OH is 1. The van der Waals surface area contributed by atoms with E-state index in [4.69, 9.17) is 11.6 Å². The predicted molar refractivity (Wildman–Crippen MR) is 68.5 cm³/mol. The molecule has 0 bridgehead atoms. The quantitative estimate of drug-likeness (QED) is 0.934. The summed E-state index contributed by atoms with van der Waals surface area (Å²) < 4.78 is 1.74. The molecule has 1 N–H and O–H groups in total. The summed E-state index contributed by atoms with van der Waals surface area (Å²) in [6.07, 6.45) is 0.802. The molecule has 0 fully saturated rings. The van der Waals surface area contributed by atoms with Crippen molar-refractivity contribution in [2.24, 2.45) is 0 Å². The number of nitrogens with zero attached hydrogens (tertiary/aromatic N) is 3. The number of halogens is 1. The molecule has 1 atom stereocenters. The van der Waals surface area contributed by atoms with Crippen LogP contribution in [-0.4, -0.2) is 19.9 Å². The Hall–Kier alpha value is -0.910. The van der Waals surface area contributed by atoms with Gasteiger partial charge in [0.05, 0.1) is 33.0 Å². The van der Waals surface area contributed by atoms with Crippen molar-refractivity contribution >= 4 is 22.9 Å². The van der Waals surface area contributed by atoms with Crippen molar-refractivity contribution in [2.75, 3.05) is 0 Å². The summed E-state index contributed by atoms with van der Waals surface area (Å²) in [7, 11) is 0. The van der Waals surface area contributed by atoms with E-state index in [0.29, 0.717) is 10.7 Å². The molecule has 0 radical (unpaired) electrons. The molecule has 1 unspecified atom stereocenters. The molecule has 2 heterocycles. The summed E-state index contributed by atoms with van der Waals surface area (Å²) in [6, 6.07) is 0.153. The molecule has 0 aromatic carbocycles. The van der Waals surface area contributed by atoms with Gasteiger partial charge in [-0.05, 0) is 20.8 Å². The molecule has 0 amide bonds. The fourth-order valence-corrected chi connectivity index (χ4v) is 2.74. The largest absolute Gasteiger partial charge is 0.381 e. The molecular formula is C11H14ClN3OS. The lowest BCUT2D eigenvalue weighted by Crippen LogP contribution is -2.12. The zero-order chi connectivity index (χ0) is 12.6. The number of aryl methyl sites for hydroxylation is 1. The summed E-state index contributed by atoms with van der Waals surface area (Å²) >= 11 is 7.52. The third kappa shape index (κ3) is 2.22. The van der Waals surface area contributed by atoms with Crippen LogP contribution < -0.4 is 0 Å². The van der Waals surface area contributed by atoms with Crippen LogP contribution in [0.3, 0.4) is 0 Å². The monoisotopic (exact) mass is 271 g/mol. The highest BCUT2D eigenvalue weighted by atomic mass is 35.5. The van der Waals surface area contributed by atoms with E-state index in [1.165, 1.54) is 11.3 Å². The molecule has 0 aliphatic carbocycles. The van der Waals surface area contributed by atoms with Gasteiger partial charge in [0, 0.05) is 6.04 Å². The fourth-order valence-electron chi connectivity index (χ4n) is 1.72. The molecule has 0 aliphatic rings. The number of rotatable bonds is 3. The third-order valence-electron chi connectivity index (χ3n) is 2.57. The van der Waals surface area contributed by atoms with Crippen LogP contribution in [0.5, 0.6) is 0 Å². The van der Waals surface area contributed by atoms with Gasteiger partial charge in [0.2, 0.25) is 0 Å². The van der Waals surface area contributed by atoms with E-state index in [2.05, 4.69) is 10.1 Å².